The van der Waals surface area contributed by atoms with E-state index < -0.39 is 0 Å². The number of hydrogen-bond acceptors (Lipinski definition) is 4. The fourth-order valence-electron chi connectivity index (χ4n) is 6.59. The Morgan fingerprint density at radius 3 is 1.71 bits per heavy atom. The number of rotatable bonds is 6. The van der Waals surface area contributed by atoms with E-state index in [0.29, 0.717) is 5.82 Å². The second-order valence-corrected chi connectivity index (χ2v) is 13.2. The minimum Gasteiger partial charge on any atom is -0.265 e. The third-order valence-electron chi connectivity index (χ3n) is 9.00. The number of hydrogen-bond donors (Lipinski definition) is 0. The van der Waals surface area contributed by atoms with E-state index in [-0.39, 0.29) is 0 Å². The van der Waals surface area contributed by atoms with Crippen molar-refractivity contribution in [3.63, 3.8) is 0 Å². The maximum absolute atomic E-state index is 5.21. The van der Waals surface area contributed by atoms with Gasteiger partial charge in [0.25, 0.3) is 0 Å². The number of benzene rings is 6. The summed E-state index contributed by atoms with van der Waals surface area (Å²) >= 11 is 1.84. The van der Waals surface area contributed by atoms with E-state index in [1.807, 2.05) is 54.1 Å². The molecule has 4 heteroatoms. The third kappa shape index (κ3) is 5.58. The monoisotopic (exact) mass is 643 g/mol. The van der Waals surface area contributed by atoms with Gasteiger partial charge in [0, 0.05) is 49.3 Å². The molecule has 230 valence electrons. The van der Waals surface area contributed by atoms with E-state index in [1.54, 1.807) is 0 Å². The van der Waals surface area contributed by atoms with Crippen molar-refractivity contribution in [1.82, 2.24) is 15.0 Å². The first-order valence-corrected chi connectivity index (χ1v) is 17.2. The lowest BCUT2D eigenvalue weighted by Crippen LogP contribution is -1.97. The summed E-state index contributed by atoms with van der Waals surface area (Å²) in [5, 5.41) is 2.57. The summed E-state index contributed by atoms with van der Waals surface area (Å²) in [6, 6.07) is 58.0. The lowest BCUT2D eigenvalue weighted by molar-refractivity contribution is 1.18. The molecule has 0 atom stereocenters. The Morgan fingerprint density at radius 1 is 0.347 bits per heavy atom. The molecule has 0 amide bonds. The molecule has 0 unspecified atom stereocenters. The molecule has 0 spiro atoms. The van der Waals surface area contributed by atoms with Gasteiger partial charge in [0.1, 0.15) is 0 Å². The lowest BCUT2D eigenvalue weighted by Gasteiger charge is -2.15. The van der Waals surface area contributed by atoms with Gasteiger partial charge in [0.2, 0.25) is 0 Å². The fraction of sp³-hybridized carbons (Fsp3) is 0. The summed E-state index contributed by atoms with van der Waals surface area (Å²) in [4.78, 5) is 14.5. The molecule has 3 aromatic heterocycles. The molecule has 0 saturated heterocycles. The largest absolute Gasteiger partial charge is 0.265 e. The van der Waals surface area contributed by atoms with Crippen LogP contribution in [0.5, 0.6) is 0 Å². The second-order valence-electron chi connectivity index (χ2n) is 12.1. The molecule has 0 aliphatic carbocycles. The summed E-state index contributed by atoms with van der Waals surface area (Å²) < 4.78 is 2.60. The van der Waals surface area contributed by atoms with Crippen LogP contribution < -0.4 is 0 Å². The Bertz CT molecular complexity index is 2540. The number of fused-ring (bicyclic) bond motifs is 3. The van der Waals surface area contributed by atoms with Crippen molar-refractivity contribution >= 4 is 31.5 Å². The zero-order valence-corrected chi connectivity index (χ0v) is 27.3. The minimum atomic E-state index is 0.688. The van der Waals surface area contributed by atoms with Crippen LogP contribution in [-0.2, 0) is 0 Å². The van der Waals surface area contributed by atoms with Gasteiger partial charge < -0.3 is 0 Å². The molecule has 0 saturated carbocycles. The van der Waals surface area contributed by atoms with Crippen LogP contribution in [0.25, 0.3) is 87.5 Å². The zero-order chi connectivity index (χ0) is 32.6. The number of pyridine rings is 1. The van der Waals surface area contributed by atoms with Gasteiger partial charge in [-0.2, -0.15) is 0 Å². The Labute approximate surface area is 288 Å². The molecule has 0 radical (unpaired) electrons. The maximum Gasteiger partial charge on any atom is 0.160 e. The van der Waals surface area contributed by atoms with Crippen LogP contribution in [0.1, 0.15) is 0 Å². The van der Waals surface area contributed by atoms with Crippen LogP contribution in [0.3, 0.4) is 0 Å². The number of thiophene rings is 1. The lowest BCUT2D eigenvalue weighted by atomic mass is 9.90. The molecule has 49 heavy (non-hydrogen) atoms. The molecular weight excluding hydrogens is 615 g/mol. The molecule has 0 N–H and O–H groups in total. The molecule has 0 fully saturated rings. The first kappa shape index (κ1) is 29.0. The van der Waals surface area contributed by atoms with Gasteiger partial charge in [0.15, 0.2) is 5.82 Å². The van der Waals surface area contributed by atoms with Gasteiger partial charge in [0.05, 0.1) is 11.4 Å². The van der Waals surface area contributed by atoms with Crippen molar-refractivity contribution in [2.24, 2.45) is 0 Å². The van der Waals surface area contributed by atoms with E-state index in [9.17, 15) is 0 Å². The summed E-state index contributed by atoms with van der Waals surface area (Å²) in [7, 11) is 0. The standard InChI is InChI=1S/C45H29N3S/c1-3-11-30(12-4-1)37-15-7-8-16-38(37)35-25-34(33-19-20-44-40(28-33)39-17-9-10-18-43(39)49-44)26-36(27-35)42-29-41(31-21-23-46-24-22-31)47-45(48-42)32-13-5-2-6-14-32/h1-29H. The van der Waals surface area contributed by atoms with Crippen molar-refractivity contribution < 1.29 is 0 Å². The van der Waals surface area contributed by atoms with Crippen molar-refractivity contribution in [2.45, 2.75) is 0 Å². The highest BCUT2D eigenvalue weighted by Crippen LogP contribution is 2.40. The predicted octanol–water partition coefficient (Wildman–Crippen LogP) is 12.2. The van der Waals surface area contributed by atoms with Crippen LogP contribution >= 0.6 is 11.3 Å². The quantitative estimate of drug-likeness (QED) is 0.181. The van der Waals surface area contributed by atoms with Crippen molar-refractivity contribution in [3.8, 4) is 67.3 Å². The topological polar surface area (TPSA) is 38.7 Å². The normalized spacial score (nSPS) is 11.3. The molecule has 3 nitrogen and oxygen atoms in total. The van der Waals surface area contributed by atoms with Crippen molar-refractivity contribution in [3.05, 3.63) is 176 Å². The van der Waals surface area contributed by atoms with Crippen LogP contribution in [0.4, 0.5) is 0 Å². The molecular formula is C45H29N3S. The average Bonchev–Trinajstić information content (AvgIpc) is 3.57. The molecule has 9 rings (SSSR count). The Hall–Kier alpha value is -6.23. The summed E-state index contributed by atoms with van der Waals surface area (Å²) in [6.07, 6.45) is 3.62. The summed E-state index contributed by atoms with van der Waals surface area (Å²) in [6.45, 7) is 0. The SMILES string of the molecule is c1ccc(-c2nc(-c3ccncc3)cc(-c3cc(-c4ccc5sc6ccccc6c5c4)cc(-c4ccccc4-c4ccccc4)c3)n2)cc1. The van der Waals surface area contributed by atoms with E-state index in [2.05, 4.69) is 138 Å². The minimum absolute atomic E-state index is 0.688. The molecule has 3 heterocycles. The zero-order valence-electron chi connectivity index (χ0n) is 26.5. The first-order chi connectivity index (χ1) is 24.3. The highest BCUT2D eigenvalue weighted by molar-refractivity contribution is 7.25. The van der Waals surface area contributed by atoms with E-state index in [0.717, 1.165) is 39.2 Å². The molecule has 6 aromatic carbocycles. The van der Waals surface area contributed by atoms with Crippen LogP contribution in [0.15, 0.2) is 176 Å². The Kier molecular flexibility index (Phi) is 7.34. The number of nitrogens with zero attached hydrogens (tertiary/aromatic N) is 3. The summed E-state index contributed by atoms with van der Waals surface area (Å²) in [5.41, 5.74) is 11.7. The van der Waals surface area contributed by atoms with Crippen molar-refractivity contribution in [1.29, 1.82) is 0 Å². The molecule has 0 aliphatic heterocycles. The Morgan fingerprint density at radius 2 is 0.939 bits per heavy atom. The summed E-state index contributed by atoms with van der Waals surface area (Å²) in [5.74, 6) is 0.688. The van der Waals surface area contributed by atoms with Gasteiger partial charge in [-0.05, 0) is 88.0 Å². The van der Waals surface area contributed by atoms with Crippen LogP contribution in [0.2, 0.25) is 0 Å². The molecule has 9 aromatic rings. The average molecular weight is 644 g/mol. The molecule has 0 aliphatic rings. The predicted molar refractivity (Wildman–Crippen MR) is 205 cm³/mol. The second kappa shape index (κ2) is 12.4. The van der Waals surface area contributed by atoms with E-state index in [1.165, 1.54) is 42.4 Å². The first-order valence-electron chi connectivity index (χ1n) is 16.3. The fourth-order valence-corrected chi connectivity index (χ4v) is 7.68. The van der Waals surface area contributed by atoms with E-state index in [4.69, 9.17) is 9.97 Å². The van der Waals surface area contributed by atoms with Gasteiger partial charge in [-0.1, -0.05) is 109 Å². The molecule has 0 bridgehead atoms. The maximum atomic E-state index is 5.21. The van der Waals surface area contributed by atoms with Gasteiger partial charge in [-0.15, -0.1) is 11.3 Å². The van der Waals surface area contributed by atoms with Crippen molar-refractivity contribution in [2.75, 3.05) is 0 Å². The smallest absolute Gasteiger partial charge is 0.160 e. The highest BCUT2D eigenvalue weighted by Gasteiger charge is 2.16. The highest BCUT2D eigenvalue weighted by atomic mass is 32.1. The third-order valence-corrected chi connectivity index (χ3v) is 10.1. The Balaban J connectivity index is 1.29. The van der Waals surface area contributed by atoms with Gasteiger partial charge in [-0.3, -0.25) is 4.98 Å². The van der Waals surface area contributed by atoms with Crippen LogP contribution in [-0.4, -0.2) is 15.0 Å². The van der Waals surface area contributed by atoms with E-state index >= 15 is 0 Å². The number of aromatic nitrogens is 3. The van der Waals surface area contributed by atoms with Crippen LogP contribution in [0, 0.1) is 0 Å². The van der Waals surface area contributed by atoms with Gasteiger partial charge >= 0.3 is 0 Å². The van der Waals surface area contributed by atoms with Gasteiger partial charge in [-0.25, -0.2) is 9.97 Å².